The van der Waals surface area contributed by atoms with E-state index in [1.54, 1.807) is 88.2 Å². The molecule has 0 radical (unpaired) electrons. The average Bonchev–Trinajstić information content (AvgIpc) is 0.848. The van der Waals surface area contributed by atoms with Crippen LogP contribution < -0.4 is 0 Å². The third-order valence-electron chi connectivity index (χ3n) is 35.4. The first-order valence-corrected chi connectivity index (χ1v) is 53.3. The standard InChI is InChI=1S/C23H34.C20H28.C20H36.C19H34.C18H32.C17H30/c1-3-4-5-19-8-12-21(13-9-19)23-16-14-22(15-17-23)20-10-6-18(2)7-11-20;1-2-16-8-10-18(11-9-16)20-14-12-19(13-15-20)17-6-4-3-5-7-17;1-3-5-6-8-18-11-15-20(16-12-18)19-13-9-17(7-4-2)10-14-19;1-3-5-7-17-10-14-19(15-11-17)18-12-8-16(6-4-2)9-13-18;1-3-5-15-7-11-17(12-8-15)18-13-9-16(6-4-2)10-14-18;1-3-5-15-8-12-17(13-9-15)16-10-6-14(4-2)7-11-16/h3,6-7,10-11,19,21-23H,1,4-5,8-9,12-17H2,2H3;2-7,16,18-20H,1,8-15H2;3,5,17-20H,4,6-16H2,1-2H3;4,6,16-19H,3,5,7-15H2,1-2H3;3,5,15-18H,4,6-14H2,1-2H3;3,5,14-17H,4,6-13H2,1-2H3/b;;5-3+;6-4+;2*5-3+. The summed E-state index contributed by atoms with van der Waals surface area (Å²) in [6.07, 6.45) is 112. The van der Waals surface area contributed by atoms with Crippen LogP contribution in [0, 0.1) is 137 Å². The highest BCUT2D eigenvalue weighted by atomic mass is 14.4. The van der Waals surface area contributed by atoms with E-state index >= 15 is 0 Å². The van der Waals surface area contributed by atoms with Crippen LogP contribution in [0.1, 0.15) is 469 Å². The Hall–Kier alpha value is -3.12. The molecule has 0 aromatic heterocycles. The van der Waals surface area contributed by atoms with Crippen LogP contribution >= 0.6 is 0 Å². The predicted molar refractivity (Wildman–Crippen MR) is 519 cm³/mol. The Morgan fingerprint density at radius 2 is 0.538 bits per heavy atom. The van der Waals surface area contributed by atoms with Crippen LogP contribution in [-0.4, -0.2) is 0 Å². The van der Waals surface area contributed by atoms with E-state index in [4.69, 9.17) is 0 Å². The summed E-state index contributed by atoms with van der Waals surface area (Å²) in [4.78, 5) is 0. The van der Waals surface area contributed by atoms with Gasteiger partial charge in [0.25, 0.3) is 0 Å². The Bertz CT molecular complexity index is 2850. The van der Waals surface area contributed by atoms with Gasteiger partial charge in [-0.05, 0) is 445 Å². The van der Waals surface area contributed by atoms with E-state index in [9.17, 15) is 0 Å². The average molecular weight is 1600 g/mol. The highest BCUT2D eigenvalue weighted by Crippen LogP contribution is 2.50. The van der Waals surface area contributed by atoms with Crippen molar-refractivity contribution >= 4 is 0 Å². The van der Waals surface area contributed by atoms with Gasteiger partial charge in [-0.3, -0.25) is 0 Å². The second-order valence-corrected chi connectivity index (χ2v) is 42.9. The van der Waals surface area contributed by atoms with E-state index in [0.717, 1.165) is 142 Å². The normalized spacial score (nSPS) is 35.8. The van der Waals surface area contributed by atoms with E-state index in [2.05, 4.69) is 191 Å². The molecule has 12 saturated carbocycles. The zero-order valence-electron chi connectivity index (χ0n) is 79.2. The molecule has 0 saturated heterocycles. The summed E-state index contributed by atoms with van der Waals surface area (Å²) in [5.74, 6) is 24.3. The summed E-state index contributed by atoms with van der Waals surface area (Å²) in [5, 5.41) is 0. The molecule has 12 aliphatic carbocycles. The second kappa shape index (κ2) is 57.4. The Kier molecular flexibility index (Phi) is 47.9. The van der Waals surface area contributed by atoms with E-state index in [-0.39, 0.29) is 0 Å². The molecule has 662 valence electrons. The van der Waals surface area contributed by atoms with Crippen molar-refractivity contribution < 1.29 is 0 Å². The number of aryl methyl sites for hydroxylation is 1. The molecule has 0 bridgehead atoms. The fourth-order valence-electron chi connectivity index (χ4n) is 27.5. The monoisotopic (exact) mass is 1600 g/mol. The summed E-state index contributed by atoms with van der Waals surface area (Å²) < 4.78 is 0. The lowest BCUT2D eigenvalue weighted by Gasteiger charge is -2.38. The number of hydrogen-bond acceptors (Lipinski definition) is 0. The lowest BCUT2D eigenvalue weighted by atomic mass is 9.68. The summed E-state index contributed by atoms with van der Waals surface area (Å²) in [5.41, 5.74) is 4.54. The zero-order chi connectivity index (χ0) is 82.4. The summed E-state index contributed by atoms with van der Waals surface area (Å²) in [6.45, 7) is 28.1. The number of unbranched alkanes of at least 4 members (excludes halogenated alkanes) is 1. The molecule has 0 atom stereocenters. The number of hydrogen-bond donors (Lipinski definition) is 0. The third kappa shape index (κ3) is 35.1. The van der Waals surface area contributed by atoms with Gasteiger partial charge in [-0.1, -0.05) is 277 Å². The zero-order valence-corrected chi connectivity index (χ0v) is 79.2. The van der Waals surface area contributed by atoms with Gasteiger partial charge in [0.15, 0.2) is 0 Å². The Morgan fingerprint density at radius 3 is 0.821 bits per heavy atom. The fourth-order valence-corrected chi connectivity index (χ4v) is 27.5. The molecule has 0 N–H and O–H groups in total. The predicted octanol–water partition coefficient (Wildman–Crippen LogP) is 37.7. The van der Waals surface area contributed by atoms with Gasteiger partial charge in [0.05, 0.1) is 0 Å². The summed E-state index contributed by atoms with van der Waals surface area (Å²) in [7, 11) is 0. The van der Waals surface area contributed by atoms with Crippen LogP contribution in [0.25, 0.3) is 0 Å². The van der Waals surface area contributed by atoms with E-state index < -0.39 is 0 Å². The third-order valence-corrected chi connectivity index (χ3v) is 35.4. The molecule has 0 heteroatoms. The van der Waals surface area contributed by atoms with Gasteiger partial charge < -0.3 is 0 Å². The van der Waals surface area contributed by atoms with Crippen LogP contribution in [0.4, 0.5) is 0 Å². The van der Waals surface area contributed by atoms with Crippen molar-refractivity contribution in [2.45, 2.75) is 459 Å². The molecule has 0 spiro atoms. The van der Waals surface area contributed by atoms with Gasteiger partial charge in [-0.2, -0.15) is 0 Å². The fraction of sp³-hybridized carbons (Fsp3) is 0.795. The molecule has 117 heavy (non-hydrogen) atoms. The molecule has 14 rings (SSSR count). The second-order valence-electron chi connectivity index (χ2n) is 42.9. The first kappa shape index (κ1) is 97.7. The number of rotatable bonds is 26. The van der Waals surface area contributed by atoms with Gasteiger partial charge in [0.2, 0.25) is 0 Å². The van der Waals surface area contributed by atoms with Crippen molar-refractivity contribution in [3.05, 3.63) is 145 Å². The largest absolute Gasteiger partial charge is 0.103 e. The molecular weight excluding hydrogens is 1410 g/mol. The molecule has 0 heterocycles. The Balaban J connectivity index is 0.000000161. The van der Waals surface area contributed by atoms with Crippen molar-refractivity contribution in [1.29, 1.82) is 0 Å². The summed E-state index contributed by atoms with van der Waals surface area (Å²) >= 11 is 0. The molecule has 12 fully saturated rings. The minimum Gasteiger partial charge on any atom is -0.103 e. The van der Waals surface area contributed by atoms with Crippen LogP contribution in [0.5, 0.6) is 0 Å². The topological polar surface area (TPSA) is 0 Å². The number of benzene rings is 2. The highest BCUT2D eigenvalue weighted by Gasteiger charge is 2.37. The molecule has 0 aliphatic heterocycles. The SMILES string of the molecule is C/C=C/C1CCC(C2CCC(CC)CC2)CC1.C/C=C/C1CCC(C2CCC(CCC)CC2)CC1.C/C=C/C1CCC(C2CCC(CCCC)CC2)CC1.C/C=C/CCC1CCC(C2CCC(CCC)CC2)CC1.C=CC1CCC(C2CCC(c3ccccc3)CC2)CC1.C=CCCC1CCC(C2CCC(c3ccc(C)cc3)CC2)CC1. The van der Waals surface area contributed by atoms with Crippen molar-refractivity contribution in [2.75, 3.05) is 0 Å². The van der Waals surface area contributed by atoms with E-state index in [1.807, 2.05) is 0 Å². The summed E-state index contributed by atoms with van der Waals surface area (Å²) in [6, 6.07) is 20.5. The first-order valence-electron chi connectivity index (χ1n) is 53.3. The van der Waals surface area contributed by atoms with Crippen molar-refractivity contribution in [3.8, 4) is 0 Å². The first-order chi connectivity index (χ1) is 57.4. The lowest BCUT2D eigenvalue weighted by Crippen LogP contribution is -2.25. The quantitative estimate of drug-likeness (QED) is 0.0824. The van der Waals surface area contributed by atoms with E-state index in [1.165, 1.54) is 314 Å². The van der Waals surface area contributed by atoms with Crippen LogP contribution in [-0.2, 0) is 0 Å². The molecular formula is C117H194. The van der Waals surface area contributed by atoms with Crippen LogP contribution in [0.15, 0.2) is 129 Å². The van der Waals surface area contributed by atoms with Crippen LogP contribution in [0.3, 0.4) is 0 Å². The Morgan fingerprint density at radius 1 is 0.265 bits per heavy atom. The van der Waals surface area contributed by atoms with Gasteiger partial charge >= 0.3 is 0 Å². The Labute approximate surface area is 730 Å². The molecule has 0 nitrogen and oxygen atoms in total. The maximum Gasteiger partial charge on any atom is -0.0162 e. The molecule has 2 aromatic carbocycles. The smallest absolute Gasteiger partial charge is 0.0162 e. The maximum absolute atomic E-state index is 3.97. The molecule has 0 amide bonds. The minimum atomic E-state index is 0.812. The minimum absolute atomic E-state index is 0.812. The van der Waals surface area contributed by atoms with Gasteiger partial charge in [0, 0.05) is 0 Å². The van der Waals surface area contributed by atoms with Gasteiger partial charge in [-0.15, -0.1) is 13.2 Å². The molecule has 0 unspecified atom stereocenters. The van der Waals surface area contributed by atoms with E-state index in [0.29, 0.717) is 0 Å². The molecule has 2 aromatic rings. The van der Waals surface area contributed by atoms with Crippen molar-refractivity contribution in [2.24, 2.45) is 130 Å². The van der Waals surface area contributed by atoms with Gasteiger partial charge in [-0.25, -0.2) is 0 Å². The van der Waals surface area contributed by atoms with Crippen molar-refractivity contribution in [3.63, 3.8) is 0 Å². The van der Waals surface area contributed by atoms with Crippen LogP contribution in [0.2, 0.25) is 0 Å². The number of allylic oxidation sites excluding steroid dienone is 10. The maximum atomic E-state index is 3.97. The highest BCUT2D eigenvalue weighted by molar-refractivity contribution is 5.25. The lowest BCUT2D eigenvalue weighted by molar-refractivity contribution is 0.141. The van der Waals surface area contributed by atoms with Gasteiger partial charge in [0.1, 0.15) is 0 Å². The molecule has 12 aliphatic rings. The van der Waals surface area contributed by atoms with Crippen molar-refractivity contribution in [1.82, 2.24) is 0 Å².